The van der Waals surface area contributed by atoms with Gasteiger partial charge < -0.3 is 26.0 Å². The molecule has 0 aliphatic carbocycles. The van der Waals surface area contributed by atoms with E-state index in [1.165, 1.54) is 0 Å². The van der Waals surface area contributed by atoms with Gasteiger partial charge in [0.1, 0.15) is 18.1 Å². The van der Waals surface area contributed by atoms with Gasteiger partial charge in [-0.05, 0) is 60.9 Å². The molecule has 11 nitrogen and oxygen atoms in total. The highest BCUT2D eigenvalue weighted by molar-refractivity contribution is 5.95. The van der Waals surface area contributed by atoms with Crippen LogP contribution in [0.15, 0.2) is 85.2 Å². The summed E-state index contributed by atoms with van der Waals surface area (Å²) in [6.45, 7) is 0. The minimum Gasteiger partial charge on any atom is -0.481 e. The minimum atomic E-state index is -1.05. The number of hydrogen-bond acceptors (Lipinski definition) is 6. The number of fused-ring (bicyclic) bond motifs is 1. The number of carboxylic acids is 1. The number of aliphatic carboxylic acids is 1. The first kappa shape index (κ1) is 32.3. The summed E-state index contributed by atoms with van der Waals surface area (Å²) in [5.41, 5.74) is 2.47. The van der Waals surface area contributed by atoms with Crippen molar-refractivity contribution in [3.63, 3.8) is 0 Å². The third-order valence-corrected chi connectivity index (χ3v) is 8.60. The number of aromatic nitrogens is 1. The average molecular weight is 626 g/mol. The standard InChI is InChI=1S/C35H39N5O6/c41-31(21-24-9-5-2-6-10-24)38-28-13-11-27-12-14-30(40(27)35(28)46)34(45)39-29(20-25-15-17-36-18-16-25)33(44)37-26(22-32(42)43)19-23-7-3-1-4-8-23/h1-10,15-18,26-30H,11-14,19-22H2,(H,37,44)(H,38,41)(H,39,45)(H,42,43)/t26-,27-,28-,29-,30-/m0/s1. The van der Waals surface area contributed by atoms with Crippen molar-refractivity contribution in [2.24, 2.45) is 0 Å². The van der Waals surface area contributed by atoms with E-state index in [0.29, 0.717) is 32.1 Å². The molecule has 2 aliphatic rings. The average Bonchev–Trinajstić information content (AvgIpc) is 3.48. The van der Waals surface area contributed by atoms with Crippen molar-refractivity contribution >= 4 is 29.6 Å². The first-order valence-electron chi connectivity index (χ1n) is 15.7. The van der Waals surface area contributed by atoms with E-state index in [2.05, 4.69) is 20.9 Å². The van der Waals surface area contributed by atoms with Crippen LogP contribution in [0.1, 0.15) is 48.8 Å². The summed E-state index contributed by atoms with van der Waals surface area (Å²) in [4.78, 5) is 71.1. The molecule has 5 rings (SSSR count). The quantitative estimate of drug-likeness (QED) is 0.227. The van der Waals surface area contributed by atoms with Crippen LogP contribution >= 0.6 is 0 Å². The second-order valence-electron chi connectivity index (χ2n) is 12.0. The van der Waals surface area contributed by atoms with Crippen LogP contribution in [-0.4, -0.2) is 74.8 Å². The number of carbonyl (C=O) groups is 5. The Bertz CT molecular complexity index is 1520. The Hall–Kier alpha value is -5.06. The molecule has 0 bridgehead atoms. The van der Waals surface area contributed by atoms with E-state index in [-0.39, 0.29) is 37.1 Å². The van der Waals surface area contributed by atoms with Gasteiger partial charge in [-0.2, -0.15) is 0 Å². The summed E-state index contributed by atoms with van der Waals surface area (Å²) >= 11 is 0. The third kappa shape index (κ3) is 8.56. The molecule has 1 aromatic heterocycles. The van der Waals surface area contributed by atoms with E-state index in [9.17, 15) is 29.1 Å². The van der Waals surface area contributed by atoms with Gasteiger partial charge in [0.25, 0.3) is 0 Å². The second kappa shape index (κ2) is 15.3. The van der Waals surface area contributed by atoms with Crippen molar-refractivity contribution in [3.8, 4) is 0 Å². The lowest BCUT2D eigenvalue weighted by molar-refractivity contribution is -0.146. The summed E-state index contributed by atoms with van der Waals surface area (Å²) in [7, 11) is 0. The molecule has 46 heavy (non-hydrogen) atoms. The van der Waals surface area contributed by atoms with Crippen LogP contribution in [0.5, 0.6) is 0 Å². The van der Waals surface area contributed by atoms with Crippen molar-refractivity contribution < 1.29 is 29.1 Å². The third-order valence-electron chi connectivity index (χ3n) is 8.60. The first-order valence-corrected chi connectivity index (χ1v) is 15.7. The molecule has 2 aromatic carbocycles. The zero-order valence-electron chi connectivity index (χ0n) is 25.5. The molecule has 240 valence electrons. The first-order chi connectivity index (χ1) is 22.3. The fourth-order valence-corrected chi connectivity index (χ4v) is 6.40. The smallest absolute Gasteiger partial charge is 0.305 e. The Balaban J connectivity index is 1.28. The predicted octanol–water partition coefficient (Wildman–Crippen LogP) is 2.19. The summed E-state index contributed by atoms with van der Waals surface area (Å²) < 4.78 is 0. The molecule has 11 heteroatoms. The number of nitrogens with zero attached hydrogens (tertiary/aromatic N) is 2. The Morgan fingerprint density at radius 3 is 2.11 bits per heavy atom. The molecule has 3 aromatic rings. The van der Waals surface area contributed by atoms with Crippen LogP contribution in [-0.2, 0) is 43.2 Å². The summed E-state index contributed by atoms with van der Waals surface area (Å²) in [6, 6.07) is 18.7. The Morgan fingerprint density at radius 2 is 1.43 bits per heavy atom. The van der Waals surface area contributed by atoms with Gasteiger partial charge in [-0.3, -0.25) is 29.0 Å². The van der Waals surface area contributed by atoms with E-state index in [0.717, 1.165) is 16.7 Å². The van der Waals surface area contributed by atoms with Crippen molar-refractivity contribution in [2.75, 3.05) is 0 Å². The maximum absolute atomic E-state index is 13.8. The number of piperidine rings is 1. The maximum Gasteiger partial charge on any atom is 0.305 e. The van der Waals surface area contributed by atoms with Gasteiger partial charge >= 0.3 is 5.97 Å². The predicted molar refractivity (Wildman–Crippen MR) is 169 cm³/mol. The number of pyridine rings is 1. The van der Waals surface area contributed by atoms with Crippen LogP contribution in [0.25, 0.3) is 0 Å². The maximum atomic E-state index is 13.8. The van der Waals surface area contributed by atoms with E-state index < -0.39 is 42.0 Å². The molecule has 3 heterocycles. The Labute approximate surface area is 267 Å². The van der Waals surface area contributed by atoms with Gasteiger partial charge in [-0.15, -0.1) is 0 Å². The molecule has 5 atom stereocenters. The van der Waals surface area contributed by atoms with Crippen LogP contribution in [0, 0.1) is 0 Å². The molecule has 0 spiro atoms. The second-order valence-corrected chi connectivity index (χ2v) is 12.0. The van der Waals surface area contributed by atoms with Crippen LogP contribution in [0.4, 0.5) is 0 Å². The van der Waals surface area contributed by atoms with Crippen molar-refractivity contribution in [1.82, 2.24) is 25.8 Å². The van der Waals surface area contributed by atoms with E-state index in [4.69, 9.17) is 0 Å². The molecule has 0 unspecified atom stereocenters. The lowest BCUT2D eigenvalue weighted by Gasteiger charge is -2.38. The molecule has 0 saturated carbocycles. The van der Waals surface area contributed by atoms with Crippen molar-refractivity contribution in [1.29, 1.82) is 0 Å². The summed E-state index contributed by atoms with van der Waals surface area (Å²) in [6.07, 6.45) is 5.73. The molecule has 2 saturated heterocycles. The zero-order chi connectivity index (χ0) is 32.5. The fourth-order valence-electron chi connectivity index (χ4n) is 6.40. The molecule has 2 aliphatic heterocycles. The lowest BCUT2D eigenvalue weighted by atomic mass is 9.97. The minimum absolute atomic E-state index is 0.121. The Morgan fingerprint density at radius 1 is 0.804 bits per heavy atom. The largest absolute Gasteiger partial charge is 0.481 e. The van der Waals surface area contributed by atoms with Gasteiger partial charge in [0.15, 0.2) is 0 Å². The monoisotopic (exact) mass is 625 g/mol. The SMILES string of the molecule is O=C(O)C[C@H](Cc1ccccc1)NC(=O)[C@H](Cc1ccncc1)NC(=O)[C@@H]1CC[C@@H]2CC[C@H](NC(=O)Cc3ccccc3)C(=O)N21. The molecular formula is C35H39N5O6. The fraction of sp³-hybridized carbons (Fsp3) is 0.371. The number of carboxylic acid groups (broad SMARTS) is 1. The molecule has 4 amide bonds. The van der Waals surface area contributed by atoms with E-state index in [1.54, 1.807) is 29.4 Å². The number of carbonyl (C=O) groups excluding carboxylic acids is 4. The molecule has 4 N–H and O–H groups in total. The highest BCUT2D eigenvalue weighted by Gasteiger charge is 2.46. The van der Waals surface area contributed by atoms with Crippen LogP contribution in [0.2, 0.25) is 0 Å². The lowest BCUT2D eigenvalue weighted by Crippen LogP contribution is -2.60. The van der Waals surface area contributed by atoms with Crippen LogP contribution in [0.3, 0.4) is 0 Å². The summed E-state index contributed by atoms with van der Waals surface area (Å²) in [5.74, 6) is -2.59. The van der Waals surface area contributed by atoms with Crippen molar-refractivity contribution in [3.05, 3.63) is 102 Å². The van der Waals surface area contributed by atoms with Gasteiger partial charge in [-0.1, -0.05) is 60.7 Å². The highest BCUT2D eigenvalue weighted by atomic mass is 16.4. The summed E-state index contributed by atoms with van der Waals surface area (Å²) in [5, 5.41) is 18.1. The molecule has 2 fully saturated rings. The number of nitrogens with one attached hydrogen (secondary N) is 3. The van der Waals surface area contributed by atoms with Gasteiger partial charge in [-0.25, -0.2) is 0 Å². The van der Waals surface area contributed by atoms with Gasteiger partial charge in [0.05, 0.1) is 12.8 Å². The highest BCUT2D eigenvalue weighted by Crippen LogP contribution is 2.33. The van der Waals surface area contributed by atoms with Gasteiger partial charge in [0.2, 0.25) is 23.6 Å². The van der Waals surface area contributed by atoms with Crippen molar-refractivity contribution in [2.45, 2.75) is 81.6 Å². The zero-order valence-corrected chi connectivity index (χ0v) is 25.5. The molecule has 0 radical (unpaired) electrons. The number of benzene rings is 2. The Kier molecular flexibility index (Phi) is 10.7. The normalized spacial score (nSPS) is 20.2. The molecular weight excluding hydrogens is 586 g/mol. The number of hydrogen-bond donors (Lipinski definition) is 4. The topological polar surface area (TPSA) is 158 Å². The number of rotatable bonds is 13. The van der Waals surface area contributed by atoms with Gasteiger partial charge in [0, 0.05) is 30.9 Å². The van der Waals surface area contributed by atoms with E-state index in [1.807, 2.05) is 60.7 Å². The van der Waals surface area contributed by atoms with E-state index >= 15 is 0 Å². The van der Waals surface area contributed by atoms with Crippen LogP contribution < -0.4 is 16.0 Å². The number of amides is 4.